The van der Waals surface area contributed by atoms with E-state index in [0.29, 0.717) is 12.3 Å². The molecule has 1 heterocycles. The molecule has 4 heteroatoms. The van der Waals surface area contributed by atoms with Crippen LogP contribution in [0.5, 0.6) is 0 Å². The number of aryl methyl sites for hydroxylation is 1. The summed E-state index contributed by atoms with van der Waals surface area (Å²) in [6.07, 6.45) is 6.54. The fourth-order valence-electron chi connectivity index (χ4n) is 2.22. The van der Waals surface area contributed by atoms with E-state index in [1.54, 1.807) is 0 Å². The van der Waals surface area contributed by atoms with Crippen LogP contribution in [0.2, 0.25) is 0 Å². The van der Waals surface area contributed by atoms with E-state index in [1.165, 1.54) is 37.2 Å². The third kappa shape index (κ3) is 2.43. The van der Waals surface area contributed by atoms with Gasteiger partial charge in [-0.3, -0.25) is 4.79 Å². The largest absolute Gasteiger partial charge is 0.293 e. The first-order valence-electron chi connectivity index (χ1n) is 5.65. The van der Waals surface area contributed by atoms with Crippen molar-refractivity contribution >= 4 is 17.3 Å². The SMILES string of the molecule is CCc1nnsc1C(=O)CC1CCCC1. The second-order valence-electron chi connectivity index (χ2n) is 4.18. The van der Waals surface area contributed by atoms with Gasteiger partial charge in [-0.25, -0.2) is 0 Å². The van der Waals surface area contributed by atoms with Crippen LogP contribution in [-0.2, 0) is 6.42 Å². The molecule has 0 saturated heterocycles. The molecule has 1 aromatic heterocycles. The molecule has 3 nitrogen and oxygen atoms in total. The highest BCUT2D eigenvalue weighted by molar-refractivity contribution is 7.08. The number of carbonyl (C=O) groups excluding carboxylic acids is 1. The summed E-state index contributed by atoms with van der Waals surface area (Å²) >= 11 is 1.25. The van der Waals surface area contributed by atoms with Gasteiger partial charge in [0.25, 0.3) is 0 Å². The fourth-order valence-corrected chi connectivity index (χ4v) is 2.92. The summed E-state index contributed by atoms with van der Waals surface area (Å²) < 4.78 is 3.86. The lowest BCUT2D eigenvalue weighted by Crippen LogP contribution is -2.06. The summed E-state index contributed by atoms with van der Waals surface area (Å²) in [4.78, 5) is 12.8. The van der Waals surface area contributed by atoms with Crippen LogP contribution in [0.3, 0.4) is 0 Å². The van der Waals surface area contributed by atoms with E-state index in [9.17, 15) is 4.79 Å². The summed E-state index contributed by atoms with van der Waals surface area (Å²) in [5, 5.41) is 3.98. The molecule has 1 fully saturated rings. The first kappa shape index (κ1) is 10.7. The normalized spacial score (nSPS) is 17.1. The molecule has 1 saturated carbocycles. The Labute approximate surface area is 94.1 Å². The van der Waals surface area contributed by atoms with Gasteiger partial charge in [-0.05, 0) is 23.9 Å². The third-order valence-electron chi connectivity index (χ3n) is 3.09. The molecule has 0 bridgehead atoms. The van der Waals surface area contributed by atoms with Gasteiger partial charge in [-0.15, -0.1) is 5.10 Å². The Hall–Kier alpha value is -0.770. The molecular formula is C11H16N2OS. The van der Waals surface area contributed by atoms with Gasteiger partial charge >= 0.3 is 0 Å². The van der Waals surface area contributed by atoms with Gasteiger partial charge in [0.2, 0.25) is 0 Å². The highest BCUT2D eigenvalue weighted by Crippen LogP contribution is 2.29. The highest BCUT2D eigenvalue weighted by Gasteiger charge is 2.22. The Morgan fingerprint density at radius 2 is 2.20 bits per heavy atom. The summed E-state index contributed by atoms with van der Waals surface area (Å²) in [7, 11) is 0. The predicted molar refractivity (Wildman–Crippen MR) is 60.2 cm³/mol. The minimum Gasteiger partial charge on any atom is -0.293 e. The molecule has 0 radical (unpaired) electrons. The van der Waals surface area contributed by atoms with Crippen molar-refractivity contribution in [3.63, 3.8) is 0 Å². The second-order valence-corrected chi connectivity index (χ2v) is 4.93. The van der Waals surface area contributed by atoms with E-state index in [4.69, 9.17) is 0 Å². The number of hydrogen-bond acceptors (Lipinski definition) is 4. The van der Waals surface area contributed by atoms with Crippen molar-refractivity contribution in [2.24, 2.45) is 5.92 Å². The first-order chi connectivity index (χ1) is 7.31. The topological polar surface area (TPSA) is 42.9 Å². The molecule has 0 N–H and O–H groups in total. The molecule has 1 aliphatic rings. The Kier molecular flexibility index (Phi) is 3.46. The Bertz CT molecular complexity index is 342. The highest BCUT2D eigenvalue weighted by atomic mass is 32.1. The van der Waals surface area contributed by atoms with E-state index >= 15 is 0 Å². The zero-order valence-corrected chi connectivity index (χ0v) is 9.85. The number of hydrogen-bond donors (Lipinski definition) is 0. The van der Waals surface area contributed by atoms with E-state index < -0.39 is 0 Å². The van der Waals surface area contributed by atoms with E-state index in [-0.39, 0.29) is 5.78 Å². The number of carbonyl (C=O) groups is 1. The van der Waals surface area contributed by atoms with Gasteiger partial charge in [0.05, 0.1) is 5.69 Å². The van der Waals surface area contributed by atoms with Gasteiger partial charge < -0.3 is 0 Å². The van der Waals surface area contributed by atoms with Gasteiger partial charge in [-0.1, -0.05) is 37.1 Å². The maximum atomic E-state index is 12.0. The molecule has 15 heavy (non-hydrogen) atoms. The summed E-state index contributed by atoms with van der Waals surface area (Å²) in [5.41, 5.74) is 0.878. The monoisotopic (exact) mass is 224 g/mol. The van der Waals surface area contributed by atoms with Crippen molar-refractivity contribution in [2.45, 2.75) is 45.4 Å². The lowest BCUT2D eigenvalue weighted by atomic mass is 10.00. The van der Waals surface area contributed by atoms with Crippen molar-refractivity contribution in [1.29, 1.82) is 0 Å². The second kappa shape index (κ2) is 4.84. The van der Waals surface area contributed by atoms with Crippen LogP contribution < -0.4 is 0 Å². The van der Waals surface area contributed by atoms with Crippen LogP contribution in [0, 0.1) is 5.92 Å². The molecule has 0 spiro atoms. The van der Waals surface area contributed by atoms with E-state index in [0.717, 1.165) is 17.0 Å². The smallest absolute Gasteiger partial charge is 0.176 e. The molecule has 0 aromatic carbocycles. The zero-order valence-electron chi connectivity index (χ0n) is 9.03. The Morgan fingerprint density at radius 1 is 1.47 bits per heavy atom. The minimum absolute atomic E-state index is 0.258. The average molecular weight is 224 g/mol. The standard InChI is InChI=1S/C11H16N2OS/c1-2-9-11(15-13-12-9)10(14)7-8-5-3-4-6-8/h8H,2-7H2,1H3. The van der Waals surface area contributed by atoms with Gasteiger partial charge in [0, 0.05) is 6.42 Å². The predicted octanol–water partition coefficient (Wildman–Crippen LogP) is 2.86. The molecule has 0 aliphatic heterocycles. The molecule has 1 aromatic rings. The van der Waals surface area contributed by atoms with Crippen LogP contribution in [0.1, 0.15) is 54.4 Å². The van der Waals surface area contributed by atoms with Crippen LogP contribution in [0.4, 0.5) is 0 Å². The number of aromatic nitrogens is 2. The minimum atomic E-state index is 0.258. The number of rotatable bonds is 4. The van der Waals surface area contributed by atoms with Crippen LogP contribution in [0.25, 0.3) is 0 Å². The van der Waals surface area contributed by atoms with E-state index in [1.807, 2.05) is 6.92 Å². The lowest BCUT2D eigenvalue weighted by molar-refractivity contribution is 0.0965. The maximum absolute atomic E-state index is 12.0. The van der Waals surface area contributed by atoms with Crippen LogP contribution in [-0.4, -0.2) is 15.4 Å². The van der Waals surface area contributed by atoms with Crippen molar-refractivity contribution in [2.75, 3.05) is 0 Å². The van der Waals surface area contributed by atoms with Gasteiger partial charge in [0.15, 0.2) is 5.78 Å². The first-order valence-corrected chi connectivity index (χ1v) is 6.43. The molecule has 0 atom stereocenters. The molecule has 82 valence electrons. The molecule has 2 rings (SSSR count). The number of Topliss-reactive ketones (excluding diaryl/α,β-unsaturated/α-hetero) is 1. The fraction of sp³-hybridized carbons (Fsp3) is 0.727. The van der Waals surface area contributed by atoms with Gasteiger partial charge in [0.1, 0.15) is 4.88 Å². The Balaban J connectivity index is 2.00. The third-order valence-corrected chi connectivity index (χ3v) is 3.90. The summed E-state index contributed by atoms with van der Waals surface area (Å²) in [6.45, 7) is 2.02. The van der Waals surface area contributed by atoms with Crippen molar-refractivity contribution in [1.82, 2.24) is 9.59 Å². The molecular weight excluding hydrogens is 208 g/mol. The summed E-state index contributed by atoms with van der Waals surface area (Å²) in [6, 6.07) is 0. The summed E-state index contributed by atoms with van der Waals surface area (Å²) in [5.74, 6) is 0.873. The average Bonchev–Trinajstić information content (AvgIpc) is 2.86. The maximum Gasteiger partial charge on any atom is 0.176 e. The zero-order chi connectivity index (χ0) is 10.7. The Morgan fingerprint density at radius 3 is 2.87 bits per heavy atom. The van der Waals surface area contributed by atoms with Gasteiger partial charge in [-0.2, -0.15) is 0 Å². The van der Waals surface area contributed by atoms with E-state index in [2.05, 4.69) is 9.59 Å². The molecule has 1 aliphatic carbocycles. The number of nitrogens with zero attached hydrogens (tertiary/aromatic N) is 2. The lowest BCUT2D eigenvalue weighted by Gasteiger charge is -2.06. The van der Waals surface area contributed by atoms with Crippen LogP contribution in [0.15, 0.2) is 0 Å². The van der Waals surface area contributed by atoms with Crippen molar-refractivity contribution in [3.8, 4) is 0 Å². The number of ketones is 1. The quantitative estimate of drug-likeness (QED) is 0.738. The van der Waals surface area contributed by atoms with Crippen molar-refractivity contribution in [3.05, 3.63) is 10.6 Å². The molecule has 0 amide bonds. The van der Waals surface area contributed by atoms with Crippen molar-refractivity contribution < 1.29 is 4.79 Å². The molecule has 0 unspecified atom stereocenters. The van der Waals surface area contributed by atoms with Crippen LogP contribution >= 0.6 is 11.5 Å².